The topological polar surface area (TPSA) is 51.5 Å². The number of hydrogen-bond donors (Lipinski definition) is 0. The van der Waals surface area contributed by atoms with E-state index in [1.165, 1.54) is 10.6 Å². The van der Waals surface area contributed by atoms with Crippen LogP contribution >= 0.6 is 11.3 Å². The summed E-state index contributed by atoms with van der Waals surface area (Å²) in [4.78, 5) is 27.7. The first kappa shape index (κ1) is 17.9. The summed E-state index contributed by atoms with van der Waals surface area (Å²) in [6.07, 6.45) is 1.63. The summed E-state index contributed by atoms with van der Waals surface area (Å²) in [7, 11) is 1.62. The van der Waals surface area contributed by atoms with Gasteiger partial charge in [0.15, 0.2) is 0 Å². The minimum atomic E-state index is -0.186. The number of benzene rings is 1. The number of hydrogen-bond acceptors (Lipinski definition) is 4. The zero-order chi connectivity index (χ0) is 18.4. The smallest absolute Gasteiger partial charge is 0.250 e. The molecule has 0 aliphatic rings. The third-order valence-electron chi connectivity index (χ3n) is 4.04. The van der Waals surface area contributed by atoms with E-state index in [1.807, 2.05) is 41.8 Å². The number of methoxy groups -OCH3 is 1. The lowest BCUT2D eigenvalue weighted by Crippen LogP contribution is -2.35. The molecule has 1 aromatic carbocycles. The predicted molar refractivity (Wildman–Crippen MR) is 102 cm³/mol. The molecule has 134 valence electrons. The number of pyridine rings is 1. The van der Waals surface area contributed by atoms with E-state index in [9.17, 15) is 9.59 Å². The number of carbonyl (C=O) groups excluding carboxylic acids is 1. The van der Waals surface area contributed by atoms with Crippen molar-refractivity contribution in [3.05, 3.63) is 87.0 Å². The SMILES string of the molecule is COc1ccccc1CN(Cc1cccs1)C(=O)Cn1ccccc1=O. The molecule has 3 aromatic rings. The Bertz CT molecular complexity index is 919. The Morgan fingerprint density at radius 1 is 1.08 bits per heavy atom. The number of carbonyl (C=O) groups is 1. The van der Waals surface area contributed by atoms with Crippen LogP contribution in [0.1, 0.15) is 10.4 Å². The van der Waals surface area contributed by atoms with Crippen LogP contribution in [0.15, 0.2) is 71.0 Å². The van der Waals surface area contributed by atoms with Crippen LogP contribution in [0.5, 0.6) is 5.75 Å². The molecule has 0 saturated carbocycles. The monoisotopic (exact) mass is 368 g/mol. The van der Waals surface area contributed by atoms with Crippen molar-refractivity contribution < 1.29 is 9.53 Å². The number of para-hydroxylation sites is 1. The number of ether oxygens (including phenoxy) is 1. The van der Waals surface area contributed by atoms with Gasteiger partial charge in [-0.3, -0.25) is 9.59 Å². The fourth-order valence-corrected chi connectivity index (χ4v) is 3.42. The molecular weight excluding hydrogens is 348 g/mol. The molecule has 0 saturated heterocycles. The summed E-state index contributed by atoms with van der Waals surface area (Å²) in [5.74, 6) is 0.631. The molecule has 0 aliphatic carbocycles. The van der Waals surface area contributed by atoms with Crippen LogP contribution in [0, 0.1) is 0 Å². The van der Waals surface area contributed by atoms with Crippen molar-refractivity contribution in [2.45, 2.75) is 19.6 Å². The van der Waals surface area contributed by atoms with Crippen molar-refractivity contribution in [2.24, 2.45) is 0 Å². The summed E-state index contributed by atoms with van der Waals surface area (Å²) < 4.78 is 6.83. The third-order valence-corrected chi connectivity index (χ3v) is 4.90. The van der Waals surface area contributed by atoms with Gasteiger partial charge in [0.25, 0.3) is 5.56 Å². The van der Waals surface area contributed by atoms with E-state index >= 15 is 0 Å². The van der Waals surface area contributed by atoms with Crippen molar-refractivity contribution in [1.82, 2.24) is 9.47 Å². The number of amides is 1. The number of rotatable bonds is 7. The normalized spacial score (nSPS) is 10.5. The van der Waals surface area contributed by atoms with Crippen LogP contribution < -0.4 is 10.3 Å². The van der Waals surface area contributed by atoms with Gasteiger partial charge < -0.3 is 14.2 Å². The summed E-state index contributed by atoms with van der Waals surface area (Å²) in [6.45, 7) is 0.929. The van der Waals surface area contributed by atoms with Gasteiger partial charge >= 0.3 is 0 Å². The summed E-state index contributed by atoms with van der Waals surface area (Å²) >= 11 is 1.60. The number of thiophene rings is 1. The molecule has 1 amide bonds. The van der Waals surface area contributed by atoms with E-state index in [4.69, 9.17) is 4.74 Å². The van der Waals surface area contributed by atoms with Crippen LogP contribution in [0.2, 0.25) is 0 Å². The Hall–Kier alpha value is -2.86. The third kappa shape index (κ3) is 4.40. The summed E-state index contributed by atoms with van der Waals surface area (Å²) in [5.41, 5.74) is 0.745. The molecule has 0 atom stereocenters. The van der Waals surface area contributed by atoms with E-state index in [2.05, 4.69) is 0 Å². The van der Waals surface area contributed by atoms with E-state index < -0.39 is 0 Å². The van der Waals surface area contributed by atoms with Crippen molar-refractivity contribution >= 4 is 17.2 Å². The fraction of sp³-hybridized carbons (Fsp3) is 0.200. The maximum atomic E-state index is 12.9. The summed E-state index contributed by atoms with van der Waals surface area (Å²) in [5, 5.41) is 1.99. The van der Waals surface area contributed by atoms with Gasteiger partial charge in [0, 0.05) is 29.2 Å². The molecule has 0 bridgehead atoms. The van der Waals surface area contributed by atoms with E-state index in [0.717, 1.165) is 16.2 Å². The molecule has 0 aliphatic heterocycles. The Balaban J connectivity index is 1.84. The lowest BCUT2D eigenvalue weighted by molar-refractivity contribution is -0.133. The second kappa shape index (κ2) is 8.49. The van der Waals surface area contributed by atoms with E-state index in [1.54, 1.807) is 41.7 Å². The first-order valence-corrected chi connectivity index (χ1v) is 9.13. The van der Waals surface area contributed by atoms with Gasteiger partial charge in [-0.15, -0.1) is 11.3 Å². The molecule has 2 aromatic heterocycles. The van der Waals surface area contributed by atoms with Crippen LogP contribution in [0.4, 0.5) is 0 Å². The van der Waals surface area contributed by atoms with Crippen LogP contribution in [-0.2, 0) is 24.4 Å². The Labute approximate surface area is 156 Å². The van der Waals surface area contributed by atoms with Crippen LogP contribution in [-0.4, -0.2) is 22.5 Å². The van der Waals surface area contributed by atoms with E-state index in [-0.39, 0.29) is 18.0 Å². The van der Waals surface area contributed by atoms with Crippen molar-refractivity contribution in [2.75, 3.05) is 7.11 Å². The lowest BCUT2D eigenvalue weighted by Gasteiger charge is -2.23. The number of aromatic nitrogens is 1. The van der Waals surface area contributed by atoms with Crippen LogP contribution in [0.25, 0.3) is 0 Å². The molecule has 0 N–H and O–H groups in total. The second-order valence-electron chi connectivity index (χ2n) is 5.81. The highest BCUT2D eigenvalue weighted by Crippen LogP contribution is 2.21. The minimum Gasteiger partial charge on any atom is -0.496 e. The maximum absolute atomic E-state index is 12.9. The predicted octanol–water partition coefficient (Wildman–Crippen LogP) is 3.15. The Morgan fingerprint density at radius 2 is 1.88 bits per heavy atom. The first-order valence-electron chi connectivity index (χ1n) is 8.25. The molecular formula is C20H20N2O3S. The second-order valence-corrected chi connectivity index (χ2v) is 6.84. The van der Waals surface area contributed by atoms with Gasteiger partial charge in [0.2, 0.25) is 5.91 Å². The Kier molecular flexibility index (Phi) is 5.86. The molecule has 0 spiro atoms. The summed E-state index contributed by atoms with van der Waals surface area (Å²) in [6, 6.07) is 16.5. The minimum absolute atomic E-state index is 0.0141. The maximum Gasteiger partial charge on any atom is 0.250 e. The quantitative estimate of drug-likeness (QED) is 0.644. The van der Waals surface area contributed by atoms with Gasteiger partial charge in [0.1, 0.15) is 12.3 Å². The van der Waals surface area contributed by atoms with Gasteiger partial charge in [-0.1, -0.05) is 30.3 Å². The van der Waals surface area contributed by atoms with Gasteiger partial charge in [-0.25, -0.2) is 0 Å². The standard InChI is InChI=1S/C20H20N2O3S/c1-25-18-9-3-2-7-16(18)13-22(14-17-8-6-12-26-17)20(24)15-21-11-5-4-10-19(21)23/h2-12H,13-15H2,1H3. The van der Waals surface area contributed by atoms with Gasteiger partial charge in [0.05, 0.1) is 13.7 Å². The van der Waals surface area contributed by atoms with Crippen molar-refractivity contribution in [1.29, 1.82) is 0 Å². The van der Waals surface area contributed by atoms with Gasteiger partial charge in [-0.2, -0.15) is 0 Å². The largest absolute Gasteiger partial charge is 0.496 e. The fourth-order valence-electron chi connectivity index (χ4n) is 2.70. The van der Waals surface area contributed by atoms with Crippen LogP contribution in [0.3, 0.4) is 0 Å². The van der Waals surface area contributed by atoms with E-state index in [0.29, 0.717) is 13.1 Å². The molecule has 6 heteroatoms. The molecule has 0 fully saturated rings. The lowest BCUT2D eigenvalue weighted by atomic mass is 10.2. The molecule has 3 rings (SSSR count). The average molecular weight is 368 g/mol. The van der Waals surface area contributed by atoms with Crippen molar-refractivity contribution in [3.8, 4) is 5.75 Å². The molecule has 0 radical (unpaired) electrons. The highest BCUT2D eigenvalue weighted by Gasteiger charge is 2.18. The zero-order valence-corrected chi connectivity index (χ0v) is 15.3. The molecule has 5 nitrogen and oxygen atoms in total. The highest BCUT2D eigenvalue weighted by atomic mass is 32.1. The highest BCUT2D eigenvalue weighted by molar-refractivity contribution is 7.09. The van der Waals surface area contributed by atoms with Crippen molar-refractivity contribution in [3.63, 3.8) is 0 Å². The molecule has 26 heavy (non-hydrogen) atoms. The first-order chi connectivity index (χ1) is 12.7. The molecule has 2 heterocycles. The zero-order valence-electron chi connectivity index (χ0n) is 14.5. The molecule has 0 unspecified atom stereocenters. The van der Waals surface area contributed by atoms with Gasteiger partial charge in [-0.05, 0) is 23.6 Å². The Morgan fingerprint density at radius 3 is 2.62 bits per heavy atom. The average Bonchev–Trinajstić information content (AvgIpc) is 3.16. The number of nitrogens with zero attached hydrogens (tertiary/aromatic N) is 2.